The number of methoxy groups -OCH3 is 3. The van der Waals surface area contributed by atoms with Crippen molar-refractivity contribution in [3.63, 3.8) is 0 Å². The van der Waals surface area contributed by atoms with E-state index in [1.54, 1.807) is 12.0 Å². The van der Waals surface area contributed by atoms with E-state index in [9.17, 15) is 9.59 Å². The molecule has 2 amide bonds. The lowest BCUT2D eigenvalue weighted by atomic mass is 10.1. The number of ether oxygens (including phenoxy) is 3. The summed E-state index contributed by atoms with van der Waals surface area (Å²) in [5, 5.41) is 2.76. The van der Waals surface area contributed by atoms with E-state index in [1.807, 2.05) is 25.1 Å². The predicted molar refractivity (Wildman–Crippen MR) is 89.0 cm³/mol. The molecule has 1 aromatic rings. The highest BCUT2D eigenvalue weighted by Crippen LogP contribution is 2.33. The standard InChI is InChI=1S/C17H24N2O5/c1-11-5-6-14(22-2)13(7-11)19-10-12(8-15(19)20)17(21)18-9-16(23-3)24-4/h5-7,12,16H,8-10H2,1-4H3,(H,18,21). The van der Waals surface area contributed by atoms with Crippen molar-refractivity contribution in [1.82, 2.24) is 5.32 Å². The maximum atomic E-state index is 12.4. The van der Waals surface area contributed by atoms with Gasteiger partial charge in [0.05, 0.1) is 25.3 Å². The third-order valence-electron chi connectivity index (χ3n) is 4.09. The van der Waals surface area contributed by atoms with Gasteiger partial charge < -0.3 is 24.4 Å². The van der Waals surface area contributed by atoms with Crippen molar-refractivity contribution >= 4 is 17.5 Å². The maximum absolute atomic E-state index is 12.4. The van der Waals surface area contributed by atoms with E-state index in [2.05, 4.69) is 5.32 Å². The second-order valence-electron chi connectivity index (χ2n) is 5.73. The third-order valence-corrected chi connectivity index (χ3v) is 4.09. The van der Waals surface area contributed by atoms with Crippen molar-refractivity contribution in [2.75, 3.05) is 39.3 Å². The minimum atomic E-state index is -0.501. The molecular formula is C17H24N2O5. The number of anilines is 1. The molecule has 24 heavy (non-hydrogen) atoms. The van der Waals surface area contributed by atoms with Gasteiger partial charge in [-0.25, -0.2) is 0 Å². The zero-order valence-corrected chi connectivity index (χ0v) is 14.5. The highest BCUT2D eigenvalue weighted by atomic mass is 16.7. The molecule has 0 radical (unpaired) electrons. The topological polar surface area (TPSA) is 77.1 Å². The number of nitrogens with one attached hydrogen (secondary N) is 1. The summed E-state index contributed by atoms with van der Waals surface area (Å²) in [5.41, 5.74) is 1.72. The average molecular weight is 336 g/mol. The second-order valence-corrected chi connectivity index (χ2v) is 5.73. The predicted octanol–water partition coefficient (Wildman–Crippen LogP) is 1.09. The fraction of sp³-hybridized carbons (Fsp3) is 0.529. The first-order valence-electron chi connectivity index (χ1n) is 7.78. The van der Waals surface area contributed by atoms with Gasteiger partial charge in [0.15, 0.2) is 6.29 Å². The number of carbonyl (C=O) groups excluding carboxylic acids is 2. The van der Waals surface area contributed by atoms with Crippen molar-refractivity contribution < 1.29 is 23.8 Å². The van der Waals surface area contributed by atoms with Crippen molar-refractivity contribution in [2.45, 2.75) is 19.6 Å². The van der Waals surface area contributed by atoms with Crippen LogP contribution in [-0.4, -0.2) is 52.5 Å². The van der Waals surface area contributed by atoms with Crippen LogP contribution in [0.25, 0.3) is 0 Å². The molecule has 7 nitrogen and oxygen atoms in total. The summed E-state index contributed by atoms with van der Waals surface area (Å²) < 4.78 is 15.4. The lowest BCUT2D eigenvalue weighted by molar-refractivity contribution is -0.131. The number of rotatable bonds is 7. The van der Waals surface area contributed by atoms with E-state index in [-0.39, 0.29) is 24.8 Å². The molecule has 0 bridgehead atoms. The van der Waals surface area contributed by atoms with Crippen molar-refractivity contribution in [3.05, 3.63) is 23.8 Å². The summed E-state index contributed by atoms with van der Waals surface area (Å²) in [6, 6.07) is 5.64. The van der Waals surface area contributed by atoms with Gasteiger partial charge in [-0.05, 0) is 24.6 Å². The molecule has 0 aliphatic carbocycles. The number of nitrogens with zero attached hydrogens (tertiary/aromatic N) is 1. The molecule has 1 heterocycles. The summed E-state index contributed by atoms with van der Waals surface area (Å²) in [4.78, 5) is 26.3. The fourth-order valence-corrected chi connectivity index (χ4v) is 2.72. The highest BCUT2D eigenvalue weighted by molar-refractivity contribution is 6.01. The van der Waals surface area contributed by atoms with E-state index in [4.69, 9.17) is 14.2 Å². The molecule has 1 unspecified atom stereocenters. The number of carbonyl (C=O) groups is 2. The monoisotopic (exact) mass is 336 g/mol. The minimum Gasteiger partial charge on any atom is -0.495 e. The van der Waals surface area contributed by atoms with Crippen LogP contribution >= 0.6 is 0 Å². The van der Waals surface area contributed by atoms with Crippen LogP contribution in [-0.2, 0) is 19.1 Å². The molecule has 0 saturated carbocycles. The van der Waals surface area contributed by atoms with Gasteiger partial charge in [-0.15, -0.1) is 0 Å². The van der Waals surface area contributed by atoms with Crippen molar-refractivity contribution in [3.8, 4) is 5.75 Å². The van der Waals surface area contributed by atoms with Crippen LogP contribution in [0.1, 0.15) is 12.0 Å². The quantitative estimate of drug-likeness (QED) is 0.754. The number of aryl methyl sites for hydroxylation is 1. The maximum Gasteiger partial charge on any atom is 0.227 e. The second kappa shape index (κ2) is 8.12. The molecule has 132 valence electrons. The lowest BCUT2D eigenvalue weighted by Gasteiger charge is -2.20. The van der Waals surface area contributed by atoms with Crippen LogP contribution in [0.3, 0.4) is 0 Å². The van der Waals surface area contributed by atoms with Crippen LogP contribution < -0.4 is 15.0 Å². The normalized spacial score (nSPS) is 17.5. The lowest BCUT2D eigenvalue weighted by Crippen LogP contribution is -2.38. The number of amides is 2. The Balaban J connectivity index is 2.06. The van der Waals surface area contributed by atoms with E-state index in [0.29, 0.717) is 18.0 Å². The molecule has 1 aliphatic rings. The average Bonchev–Trinajstić information content (AvgIpc) is 2.97. The van der Waals surface area contributed by atoms with E-state index >= 15 is 0 Å². The number of hydrogen-bond acceptors (Lipinski definition) is 5. The van der Waals surface area contributed by atoms with Gasteiger partial charge in [-0.3, -0.25) is 9.59 Å². The van der Waals surface area contributed by atoms with E-state index < -0.39 is 12.2 Å². The molecule has 1 fully saturated rings. The van der Waals surface area contributed by atoms with E-state index in [0.717, 1.165) is 5.56 Å². The summed E-state index contributed by atoms with van der Waals surface area (Å²) in [5.74, 6) is -0.0587. The van der Waals surface area contributed by atoms with Gasteiger partial charge in [0.25, 0.3) is 0 Å². The Morgan fingerprint density at radius 3 is 2.67 bits per heavy atom. The first-order valence-corrected chi connectivity index (χ1v) is 7.78. The molecular weight excluding hydrogens is 312 g/mol. The van der Waals surface area contributed by atoms with Crippen molar-refractivity contribution in [1.29, 1.82) is 0 Å². The Kier molecular flexibility index (Phi) is 6.16. The molecule has 7 heteroatoms. The van der Waals surface area contributed by atoms with Crippen molar-refractivity contribution in [2.24, 2.45) is 5.92 Å². The Morgan fingerprint density at radius 2 is 2.04 bits per heavy atom. The smallest absolute Gasteiger partial charge is 0.227 e. The summed E-state index contributed by atoms with van der Waals surface area (Å²) in [6.45, 7) is 2.52. The van der Waals surface area contributed by atoms with Gasteiger partial charge >= 0.3 is 0 Å². The van der Waals surface area contributed by atoms with Crippen LogP contribution in [0.2, 0.25) is 0 Å². The Labute approximate surface area is 141 Å². The molecule has 1 saturated heterocycles. The van der Waals surface area contributed by atoms with E-state index in [1.165, 1.54) is 14.2 Å². The zero-order chi connectivity index (χ0) is 17.7. The van der Waals surface area contributed by atoms with Crippen LogP contribution in [0.5, 0.6) is 5.75 Å². The Bertz CT molecular complexity index is 601. The minimum absolute atomic E-state index is 0.0888. The SMILES string of the molecule is COc1ccc(C)cc1N1CC(C(=O)NCC(OC)OC)CC1=O. The van der Waals surface area contributed by atoms with Gasteiger partial charge in [-0.1, -0.05) is 6.07 Å². The zero-order valence-electron chi connectivity index (χ0n) is 14.5. The first-order chi connectivity index (χ1) is 11.5. The van der Waals surface area contributed by atoms with Gasteiger partial charge in [0, 0.05) is 27.2 Å². The highest BCUT2D eigenvalue weighted by Gasteiger charge is 2.36. The molecule has 1 atom stereocenters. The molecule has 1 N–H and O–H groups in total. The summed E-state index contributed by atoms with van der Waals surface area (Å²) >= 11 is 0. The molecule has 1 aromatic carbocycles. The third kappa shape index (κ3) is 4.04. The number of hydrogen-bond donors (Lipinski definition) is 1. The van der Waals surface area contributed by atoms with Gasteiger partial charge in [0.1, 0.15) is 5.75 Å². The van der Waals surface area contributed by atoms with Gasteiger partial charge in [-0.2, -0.15) is 0 Å². The molecule has 1 aliphatic heterocycles. The fourth-order valence-electron chi connectivity index (χ4n) is 2.72. The summed E-state index contributed by atoms with van der Waals surface area (Å²) in [7, 11) is 4.57. The first kappa shape index (κ1) is 18.2. The largest absolute Gasteiger partial charge is 0.495 e. The van der Waals surface area contributed by atoms with Crippen LogP contribution in [0, 0.1) is 12.8 Å². The number of benzene rings is 1. The Morgan fingerprint density at radius 1 is 1.33 bits per heavy atom. The Hall–Kier alpha value is -2.12. The molecule has 0 aromatic heterocycles. The van der Waals surface area contributed by atoms with Crippen LogP contribution in [0.4, 0.5) is 5.69 Å². The molecule has 2 rings (SSSR count). The van der Waals surface area contributed by atoms with Crippen LogP contribution in [0.15, 0.2) is 18.2 Å². The summed E-state index contributed by atoms with van der Waals surface area (Å²) in [6.07, 6.45) is -0.327. The van der Waals surface area contributed by atoms with Gasteiger partial charge in [0.2, 0.25) is 11.8 Å². The molecule has 0 spiro atoms.